The molecule has 16 heavy (non-hydrogen) atoms. The van der Waals surface area contributed by atoms with Crippen molar-refractivity contribution in [1.29, 1.82) is 0 Å². The largest absolute Gasteiger partial charge is 0.392 e. The van der Waals surface area contributed by atoms with Crippen molar-refractivity contribution in [3.63, 3.8) is 0 Å². The molecule has 0 heterocycles. The van der Waals surface area contributed by atoms with Crippen molar-refractivity contribution in [1.82, 2.24) is 0 Å². The Balaban J connectivity index is 2.44. The van der Waals surface area contributed by atoms with Crippen LogP contribution < -0.4 is 0 Å². The standard InChI is InChI=1S/C15H22O/c1-2-3-4-6-11-15(13-16)12-14-9-7-5-8-10-14/h5,7-10,12,16H,2-4,6,11,13H2,1H3. The van der Waals surface area contributed by atoms with Gasteiger partial charge in [0, 0.05) is 0 Å². The highest BCUT2D eigenvalue weighted by Gasteiger charge is 1.96. The van der Waals surface area contributed by atoms with E-state index in [1.807, 2.05) is 18.2 Å². The van der Waals surface area contributed by atoms with Crippen LogP contribution >= 0.6 is 0 Å². The fraction of sp³-hybridized carbons (Fsp3) is 0.467. The predicted molar refractivity (Wildman–Crippen MR) is 70.3 cm³/mol. The second-order valence-corrected chi connectivity index (χ2v) is 4.18. The first-order valence-electron chi connectivity index (χ1n) is 6.22. The molecule has 1 rings (SSSR count). The van der Waals surface area contributed by atoms with E-state index in [2.05, 4.69) is 25.1 Å². The van der Waals surface area contributed by atoms with Crippen molar-refractivity contribution in [2.24, 2.45) is 0 Å². The van der Waals surface area contributed by atoms with Gasteiger partial charge >= 0.3 is 0 Å². The summed E-state index contributed by atoms with van der Waals surface area (Å²) in [5.41, 5.74) is 2.32. The van der Waals surface area contributed by atoms with E-state index in [1.165, 1.54) is 31.2 Å². The van der Waals surface area contributed by atoms with Crippen molar-refractivity contribution in [3.05, 3.63) is 41.5 Å². The summed E-state index contributed by atoms with van der Waals surface area (Å²) in [6.45, 7) is 2.40. The van der Waals surface area contributed by atoms with E-state index in [0.29, 0.717) is 0 Å². The van der Waals surface area contributed by atoms with E-state index in [4.69, 9.17) is 0 Å². The first-order chi connectivity index (χ1) is 7.86. The maximum absolute atomic E-state index is 9.28. The fourth-order valence-electron chi connectivity index (χ4n) is 1.76. The Hall–Kier alpha value is -1.08. The molecule has 0 fully saturated rings. The molecule has 0 saturated heterocycles. The summed E-state index contributed by atoms with van der Waals surface area (Å²) in [5.74, 6) is 0. The molecule has 0 aliphatic rings. The van der Waals surface area contributed by atoms with Gasteiger partial charge in [-0.15, -0.1) is 0 Å². The average molecular weight is 218 g/mol. The number of hydrogen-bond acceptors (Lipinski definition) is 1. The first kappa shape index (κ1) is 13.0. The lowest BCUT2D eigenvalue weighted by Crippen LogP contribution is -1.91. The SMILES string of the molecule is CCCCCCC(=Cc1ccccc1)CO. The Morgan fingerprint density at radius 2 is 1.88 bits per heavy atom. The predicted octanol–water partition coefficient (Wildman–Crippen LogP) is 4.03. The number of aliphatic hydroxyl groups is 1. The Kier molecular flexibility index (Phi) is 6.59. The molecule has 1 aromatic rings. The van der Waals surface area contributed by atoms with Crippen LogP contribution in [0.5, 0.6) is 0 Å². The summed E-state index contributed by atoms with van der Waals surface area (Å²) >= 11 is 0. The van der Waals surface area contributed by atoms with Gasteiger partial charge in [-0.3, -0.25) is 0 Å². The van der Waals surface area contributed by atoms with Gasteiger partial charge in [0.05, 0.1) is 6.61 Å². The van der Waals surface area contributed by atoms with Crippen molar-refractivity contribution >= 4 is 6.08 Å². The van der Waals surface area contributed by atoms with Gasteiger partial charge in [-0.05, 0) is 24.0 Å². The number of hydrogen-bond donors (Lipinski definition) is 1. The lowest BCUT2D eigenvalue weighted by atomic mass is 10.0. The first-order valence-corrected chi connectivity index (χ1v) is 6.22. The van der Waals surface area contributed by atoms with E-state index in [1.54, 1.807) is 0 Å². The van der Waals surface area contributed by atoms with Crippen LogP contribution in [-0.4, -0.2) is 11.7 Å². The highest BCUT2D eigenvalue weighted by Crippen LogP contribution is 2.13. The van der Waals surface area contributed by atoms with Crippen LogP contribution in [0.3, 0.4) is 0 Å². The van der Waals surface area contributed by atoms with Gasteiger partial charge in [0.2, 0.25) is 0 Å². The molecule has 1 nitrogen and oxygen atoms in total. The minimum absolute atomic E-state index is 0.182. The molecule has 1 aromatic carbocycles. The molecule has 0 amide bonds. The molecular weight excluding hydrogens is 196 g/mol. The second-order valence-electron chi connectivity index (χ2n) is 4.18. The molecule has 0 aliphatic heterocycles. The Morgan fingerprint density at radius 3 is 2.50 bits per heavy atom. The number of aliphatic hydroxyl groups excluding tert-OH is 1. The lowest BCUT2D eigenvalue weighted by Gasteiger charge is -2.04. The van der Waals surface area contributed by atoms with Gasteiger partial charge in [-0.1, -0.05) is 62.6 Å². The van der Waals surface area contributed by atoms with Crippen molar-refractivity contribution in [2.45, 2.75) is 39.0 Å². The topological polar surface area (TPSA) is 20.2 Å². The third-order valence-electron chi connectivity index (χ3n) is 2.72. The Morgan fingerprint density at radius 1 is 1.12 bits per heavy atom. The van der Waals surface area contributed by atoms with Crippen LogP contribution in [0, 0.1) is 0 Å². The van der Waals surface area contributed by atoms with Gasteiger partial charge in [-0.2, -0.15) is 0 Å². The molecule has 1 N–H and O–H groups in total. The molecule has 0 atom stereocenters. The number of rotatable bonds is 7. The number of benzene rings is 1. The average Bonchev–Trinajstić information content (AvgIpc) is 2.34. The molecule has 0 unspecified atom stereocenters. The molecular formula is C15H22O. The summed E-state index contributed by atoms with van der Waals surface area (Å²) in [5, 5.41) is 9.28. The van der Waals surface area contributed by atoms with Gasteiger partial charge in [0.15, 0.2) is 0 Å². The monoisotopic (exact) mass is 218 g/mol. The lowest BCUT2D eigenvalue weighted by molar-refractivity contribution is 0.326. The zero-order valence-electron chi connectivity index (χ0n) is 10.2. The summed E-state index contributed by atoms with van der Waals surface area (Å²) in [4.78, 5) is 0. The molecule has 0 saturated carbocycles. The summed E-state index contributed by atoms with van der Waals surface area (Å²) in [7, 11) is 0. The van der Waals surface area contributed by atoms with Crippen LogP contribution in [0.2, 0.25) is 0 Å². The maximum atomic E-state index is 9.28. The van der Waals surface area contributed by atoms with Gasteiger partial charge in [-0.25, -0.2) is 0 Å². The fourth-order valence-corrected chi connectivity index (χ4v) is 1.76. The highest BCUT2D eigenvalue weighted by atomic mass is 16.3. The van der Waals surface area contributed by atoms with E-state index >= 15 is 0 Å². The minimum Gasteiger partial charge on any atom is -0.392 e. The molecule has 0 spiro atoms. The normalized spacial score (nSPS) is 11.8. The molecule has 0 aliphatic carbocycles. The summed E-state index contributed by atoms with van der Waals surface area (Å²) in [6.07, 6.45) is 8.13. The van der Waals surface area contributed by atoms with E-state index in [-0.39, 0.29) is 6.61 Å². The minimum atomic E-state index is 0.182. The summed E-state index contributed by atoms with van der Waals surface area (Å²) < 4.78 is 0. The van der Waals surface area contributed by atoms with Gasteiger partial charge in [0.25, 0.3) is 0 Å². The summed E-state index contributed by atoms with van der Waals surface area (Å²) in [6, 6.07) is 10.2. The van der Waals surface area contributed by atoms with Crippen LogP contribution in [-0.2, 0) is 0 Å². The van der Waals surface area contributed by atoms with E-state index < -0.39 is 0 Å². The maximum Gasteiger partial charge on any atom is 0.0645 e. The molecule has 0 bridgehead atoms. The van der Waals surface area contributed by atoms with E-state index in [9.17, 15) is 5.11 Å². The van der Waals surface area contributed by atoms with Crippen molar-refractivity contribution in [3.8, 4) is 0 Å². The second kappa shape index (κ2) is 8.12. The zero-order valence-corrected chi connectivity index (χ0v) is 10.2. The molecule has 88 valence electrons. The number of unbranched alkanes of at least 4 members (excludes halogenated alkanes) is 3. The Labute approximate surface area is 98.8 Å². The van der Waals surface area contributed by atoms with Gasteiger partial charge in [0.1, 0.15) is 0 Å². The highest BCUT2D eigenvalue weighted by molar-refractivity contribution is 5.52. The van der Waals surface area contributed by atoms with Crippen molar-refractivity contribution < 1.29 is 5.11 Å². The van der Waals surface area contributed by atoms with Crippen LogP contribution in [0.15, 0.2) is 35.9 Å². The third-order valence-corrected chi connectivity index (χ3v) is 2.72. The molecule has 1 heteroatoms. The quantitative estimate of drug-likeness (QED) is 0.685. The van der Waals surface area contributed by atoms with Crippen LogP contribution in [0.1, 0.15) is 44.6 Å². The van der Waals surface area contributed by atoms with Crippen LogP contribution in [0.4, 0.5) is 0 Å². The van der Waals surface area contributed by atoms with Crippen molar-refractivity contribution in [2.75, 3.05) is 6.61 Å². The molecule has 0 aromatic heterocycles. The molecule has 0 radical (unpaired) electrons. The Bertz CT molecular complexity index is 300. The smallest absolute Gasteiger partial charge is 0.0645 e. The van der Waals surface area contributed by atoms with Gasteiger partial charge < -0.3 is 5.11 Å². The van der Waals surface area contributed by atoms with Crippen LogP contribution in [0.25, 0.3) is 6.08 Å². The zero-order chi connectivity index (χ0) is 11.6. The third kappa shape index (κ3) is 5.13. The van der Waals surface area contributed by atoms with E-state index in [0.717, 1.165) is 12.0 Å².